The third-order valence-electron chi connectivity index (χ3n) is 3.41. The number of amides is 2. The monoisotopic (exact) mass is 400 g/mol. The molecule has 2 amide bonds. The zero-order valence-corrected chi connectivity index (χ0v) is 15.2. The van der Waals surface area contributed by atoms with E-state index in [0.29, 0.717) is 26.2 Å². The number of nitrogens with two attached hydrogens (primary N) is 1. The predicted octanol–water partition coefficient (Wildman–Crippen LogP) is 4.49. The van der Waals surface area contributed by atoms with Gasteiger partial charge in [0.25, 0.3) is 0 Å². The second-order valence-electron chi connectivity index (χ2n) is 5.15. The van der Waals surface area contributed by atoms with Crippen molar-refractivity contribution in [3.63, 3.8) is 0 Å². The first-order valence-corrected chi connectivity index (χ1v) is 8.40. The van der Waals surface area contributed by atoms with Crippen LogP contribution in [0.15, 0.2) is 42.5 Å². The summed E-state index contributed by atoms with van der Waals surface area (Å²) in [7, 11) is 0. The molecule has 5 nitrogen and oxygen atoms in total. The van der Waals surface area contributed by atoms with E-state index in [1.165, 1.54) is 0 Å². The van der Waals surface area contributed by atoms with Crippen molar-refractivity contribution in [1.82, 2.24) is 5.32 Å². The van der Waals surface area contributed by atoms with Crippen molar-refractivity contribution >= 4 is 46.8 Å². The topological polar surface area (TPSA) is 81.4 Å². The molecule has 3 N–H and O–H groups in total. The maximum Gasteiger partial charge on any atom is 0.312 e. The van der Waals surface area contributed by atoms with Crippen LogP contribution in [0.2, 0.25) is 15.1 Å². The first-order valence-electron chi connectivity index (χ1n) is 7.27. The zero-order valence-electron chi connectivity index (χ0n) is 13.0. The number of primary amides is 1. The minimum atomic E-state index is -0.771. The van der Waals surface area contributed by atoms with Crippen LogP contribution in [0.5, 0.6) is 0 Å². The van der Waals surface area contributed by atoms with Crippen LogP contribution in [-0.2, 0) is 16.1 Å². The molecule has 2 aromatic carbocycles. The normalized spacial score (nSPS) is 11.6. The number of urea groups is 1. The van der Waals surface area contributed by atoms with Crippen molar-refractivity contribution in [1.29, 1.82) is 0 Å². The molecule has 132 valence electrons. The Balaban J connectivity index is 2.07. The zero-order chi connectivity index (χ0) is 18.4. The SMILES string of the molecule is NC(=O)N[C@H](CC(=O)OCc1c(Cl)cccc1Cl)c1ccccc1Cl. The summed E-state index contributed by atoms with van der Waals surface area (Å²) in [6, 6.07) is 10.3. The Morgan fingerprint density at radius 1 is 1.00 bits per heavy atom. The van der Waals surface area contributed by atoms with Crippen molar-refractivity contribution in [3.8, 4) is 0 Å². The van der Waals surface area contributed by atoms with Crippen LogP contribution in [0, 0.1) is 0 Å². The van der Waals surface area contributed by atoms with Crippen LogP contribution >= 0.6 is 34.8 Å². The minimum absolute atomic E-state index is 0.0802. The van der Waals surface area contributed by atoms with Crippen LogP contribution in [0.3, 0.4) is 0 Å². The number of ether oxygens (including phenoxy) is 1. The quantitative estimate of drug-likeness (QED) is 0.700. The summed E-state index contributed by atoms with van der Waals surface area (Å²) in [5.41, 5.74) is 6.26. The third-order valence-corrected chi connectivity index (χ3v) is 4.46. The molecule has 1 atom stereocenters. The van der Waals surface area contributed by atoms with Crippen LogP contribution < -0.4 is 11.1 Å². The van der Waals surface area contributed by atoms with Gasteiger partial charge in [-0.25, -0.2) is 4.79 Å². The van der Waals surface area contributed by atoms with Gasteiger partial charge < -0.3 is 15.8 Å². The summed E-state index contributed by atoms with van der Waals surface area (Å²) < 4.78 is 5.22. The number of nitrogens with one attached hydrogen (secondary N) is 1. The van der Waals surface area contributed by atoms with E-state index in [2.05, 4.69) is 5.32 Å². The van der Waals surface area contributed by atoms with Gasteiger partial charge in [0.2, 0.25) is 0 Å². The van der Waals surface area contributed by atoms with E-state index in [4.69, 9.17) is 45.3 Å². The number of hydrogen-bond donors (Lipinski definition) is 2. The highest BCUT2D eigenvalue weighted by Crippen LogP contribution is 2.27. The highest BCUT2D eigenvalue weighted by atomic mass is 35.5. The number of benzene rings is 2. The van der Waals surface area contributed by atoms with Crippen molar-refractivity contribution in [2.24, 2.45) is 5.73 Å². The summed E-state index contributed by atoms with van der Waals surface area (Å²) >= 11 is 18.2. The Hall–Kier alpha value is -1.95. The highest BCUT2D eigenvalue weighted by molar-refractivity contribution is 6.36. The average molecular weight is 402 g/mol. The third kappa shape index (κ3) is 5.53. The molecule has 0 aliphatic heterocycles. The molecule has 2 aromatic rings. The molecule has 0 fully saturated rings. The first-order chi connectivity index (χ1) is 11.9. The van der Waals surface area contributed by atoms with Gasteiger partial charge in [-0.3, -0.25) is 4.79 Å². The fraction of sp³-hybridized carbons (Fsp3) is 0.176. The molecule has 2 rings (SSSR count). The lowest BCUT2D eigenvalue weighted by Gasteiger charge is -2.18. The van der Waals surface area contributed by atoms with Gasteiger partial charge in [0.15, 0.2) is 0 Å². The summed E-state index contributed by atoms with van der Waals surface area (Å²) in [6.07, 6.45) is -0.144. The van der Waals surface area contributed by atoms with Gasteiger partial charge in [-0.15, -0.1) is 0 Å². The Morgan fingerprint density at radius 2 is 1.60 bits per heavy atom. The fourth-order valence-electron chi connectivity index (χ4n) is 2.22. The summed E-state index contributed by atoms with van der Waals surface area (Å²) in [4.78, 5) is 23.4. The van der Waals surface area contributed by atoms with Gasteiger partial charge in [-0.1, -0.05) is 59.1 Å². The van der Waals surface area contributed by atoms with Gasteiger partial charge in [-0.05, 0) is 23.8 Å². The van der Waals surface area contributed by atoms with E-state index >= 15 is 0 Å². The van der Waals surface area contributed by atoms with Crippen LogP contribution in [0.1, 0.15) is 23.6 Å². The van der Waals surface area contributed by atoms with E-state index in [0.717, 1.165) is 0 Å². The molecule has 0 saturated carbocycles. The van der Waals surface area contributed by atoms with Crippen molar-refractivity contribution in [2.45, 2.75) is 19.1 Å². The Bertz CT molecular complexity index is 763. The molecule has 0 aliphatic carbocycles. The molecular formula is C17H15Cl3N2O3. The standard InChI is InChI=1S/C17H15Cl3N2O3/c18-12-5-2-1-4-10(12)15(22-17(21)24)8-16(23)25-9-11-13(19)6-3-7-14(11)20/h1-7,15H,8-9H2,(H3,21,22,24)/t15-/m1/s1. The maximum atomic E-state index is 12.2. The lowest BCUT2D eigenvalue weighted by atomic mass is 10.0. The predicted molar refractivity (Wildman–Crippen MR) is 97.8 cm³/mol. The first kappa shape index (κ1) is 19.4. The van der Waals surface area contributed by atoms with E-state index < -0.39 is 18.0 Å². The van der Waals surface area contributed by atoms with Crippen LogP contribution in [0.25, 0.3) is 0 Å². The molecule has 0 heterocycles. The van der Waals surface area contributed by atoms with Crippen molar-refractivity contribution in [2.75, 3.05) is 0 Å². The molecule has 0 saturated heterocycles. The molecular weight excluding hydrogens is 387 g/mol. The lowest BCUT2D eigenvalue weighted by molar-refractivity contribution is -0.145. The van der Waals surface area contributed by atoms with E-state index in [-0.39, 0.29) is 13.0 Å². The minimum Gasteiger partial charge on any atom is -0.461 e. The Labute approximate surface area is 160 Å². The second kappa shape index (κ2) is 8.94. The molecule has 8 heteroatoms. The number of esters is 1. The van der Waals surface area contributed by atoms with E-state index in [1.54, 1.807) is 42.5 Å². The number of rotatable bonds is 6. The smallest absolute Gasteiger partial charge is 0.312 e. The molecule has 25 heavy (non-hydrogen) atoms. The molecule has 0 aliphatic rings. The largest absolute Gasteiger partial charge is 0.461 e. The molecule has 0 spiro atoms. The number of hydrogen-bond acceptors (Lipinski definition) is 3. The maximum absolute atomic E-state index is 12.2. The van der Waals surface area contributed by atoms with E-state index in [1.807, 2.05) is 0 Å². The fourth-order valence-corrected chi connectivity index (χ4v) is 2.99. The second-order valence-corrected chi connectivity index (χ2v) is 6.37. The van der Waals surface area contributed by atoms with Gasteiger partial charge in [0, 0.05) is 20.6 Å². The van der Waals surface area contributed by atoms with Gasteiger partial charge in [0.1, 0.15) is 6.61 Å². The van der Waals surface area contributed by atoms with Crippen LogP contribution in [0.4, 0.5) is 4.79 Å². The van der Waals surface area contributed by atoms with Crippen LogP contribution in [-0.4, -0.2) is 12.0 Å². The van der Waals surface area contributed by atoms with Gasteiger partial charge in [0.05, 0.1) is 12.5 Å². The Morgan fingerprint density at radius 3 is 2.20 bits per heavy atom. The lowest BCUT2D eigenvalue weighted by Crippen LogP contribution is -2.34. The number of carbonyl (C=O) groups is 2. The van der Waals surface area contributed by atoms with E-state index in [9.17, 15) is 9.59 Å². The Kier molecular flexibility index (Phi) is 6.93. The number of halogens is 3. The van der Waals surface area contributed by atoms with Gasteiger partial charge in [-0.2, -0.15) is 0 Å². The van der Waals surface area contributed by atoms with Crippen molar-refractivity contribution in [3.05, 3.63) is 68.7 Å². The molecule has 0 radical (unpaired) electrons. The molecule has 0 unspecified atom stereocenters. The highest BCUT2D eigenvalue weighted by Gasteiger charge is 2.21. The summed E-state index contributed by atoms with van der Waals surface area (Å²) in [5.74, 6) is -0.561. The summed E-state index contributed by atoms with van der Waals surface area (Å²) in [6.45, 7) is -0.0802. The molecule has 0 bridgehead atoms. The summed E-state index contributed by atoms with van der Waals surface area (Å²) in [5, 5.41) is 3.70. The van der Waals surface area contributed by atoms with Crippen molar-refractivity contribution < 1.29 is 14.3 Å². The number of carbonyl (C=O) groups excluding carboxylic acids is 2. The average Bonchev–Trinajstić information content (AvgIpc) is 2.54. The van der Waals surface area contributed by atoms with Gasteiger partial charge >= 0.3 is 12.0 Å². The molecule has 0 aromatic heterocycles.